The van der Waals surface area contributed by atoms with Crippen molar-refractivity contribution >= 4 is 28.2 Å². The Bertz CT molecular complexity index is 507. The molecule has 1 saturated carbocycles. The standard InChI is InChI=1S/C15H22N2O3S/c1-10(18)13-12(14(19)20-2)17-15(21-13)16-9-8-11-6-4-3-5-7-11/h11H,3-9H2,1-2H3,(H,16,17). The fourth-order valence-corrected chi connectivity index (χ4v) is 3.60. The van der Waals surface area contributed by atoms with E-state index in [9.17, 15) is 9.59 Å². The molecule has 21 heavy (non-hydrogen) atoms. The van der Waals surface area contributed by atoms with Gasteiger partial charge in [-0.2, -0.15) is 0 Å². The number of anilines is 1. The minimum absolute atomic E-state index is 0.121. The molecule has 0 amide bonds. The Hall–Kier alpha value is -1.43. The molecule has 1 aliphatic carbocycles. The third-order valence-electron chi connectivity index (χ3n) is 3.88. The Morgan fingerprint density at radius 3 is 2.67 bits per heavy atom. The molecule has 1 N–H and O–H groups in total. The lowest BCUT2D eigenvalue weighted by atomic mass is 9.87. The van der Waals surface area contributed by atoms with Gasteiger partial charge in [-0.1, -0.05) is 43.4 Å². The molecule has 1 aromatic rings. The van der Waals surface area contributed by atoms with Crippen molar-refractivity contribution in [3.05, 3.63) is 10.6 Å². The van der Waals surface area contributed by atoms with Gasteiger partial charge in [-0.05, 0) is 12.3 Å². The highest BCUT2D eigenvalue weighted by Crippen LogP contribution is 2.27. The van der Waals surface area contributed by atoms with E-state index in [0.717, 1.165) is 18.9 Å². The third-order valence-corrected chi connectivity index (χ3v) is 4.99. The van der Waals surface area contributed by atoms with Gasteiger partial charge in [-0.15, -0.1) is 0 Å². The molecule has 5 nitrogen and oxygen atoms in total. The number of hydrogen-bond acceptors (Lipinski definition) is 6. The van der Waals surface area contributed by atoms with Crippen LogP contribution in [-0.2, 0) is 4.74 Å². The summed E-state index contributed by atoms with van der Waals surface area (Å²) in [5.41, 5.74) is 0.121. The van der Waals surface area contributed by atoms with Crippen molar-refractivity contribution in [3.63, 3.8) is 0 Å². The smallest absolute Gasteiger partial charge is 0.358 e. The maximum Gasteiger partial charge on any atom is 0.358 e. The minimum atomic E-state index is -0.559. The van der Waals surface area contributed by atoms with Crippen LogP contribution < -0.4 is 5.32 Å². The van der Waals surface area contributed by atoms with Crippen molar-refractivity contribution in [1.82, 2.24) is 4.98 Å². The number of esters is 1. The van der Waals surface area contributed by atoms with Crippen molar-refractivity contribution in [2.75, 3.05) is 19.0 Å². The first-order chi connectivity index (χ1) is 10.1. The van der Waals surface area contributed by atoms with Crippen LogP contribution in [0.3, 0.4) is 0 Å². The Balaban J connectivity index is 1.93. The van der Waals surface area contributed by atoms with Crippen LogP contribution in [0, 0.1) is 5.92 Å². The molecule has 1 aromatic heterocycles. The second-order valence-electron chi connectivity index (χ2n) is 5.46. The lowest BCUT2D eigenvalue weighted by molar-refractivity contribution is 0.0591. The van der Waals surface area contributed by atoms with Crippen molar-refractivity contribution in [2.45, 2.75) is 45.4 Å². The Morgan fingerprint density at radius 1 is 1.33 bits per heavy atom. The number of hydrogen-bond donors (Lipinski definition) is 1. The predicted octanol–water partition coefficient (Wildman–Crippen LogP) is 3.51. The normalized spacial score (nSPS) is 15.7. The van der Waals surface area contributed by atoms with Crippen LogP contribution in [-0.4, -0.2) is 30.4 Å². The van der Waals surface area contributed by atoms with Gasteiger partial charge in [0.05, 0.1) is 7.11 Å². The number of Topliss-reactive ketones (excluding diaryl/α,β-unsaturated/α-hetero) is 1. The average molecular weight is 310 g/mol. The van der Waals surface area contributed by atoms with Crippen LogP contribution in [0.2, 0.25) is 0 Å². The molecule has 116 valence electrons. The fourth-order valence-electron chi connectivity index (χ4n) is 2.73. The molecule has 1 heterocycles. The topological polar surface area (TPSA) is 68.3 Å². The maximum absolute atomic E-state index is 11.6. The highest BCUT2D eigenvalue weighted by molar-refractivity contribution is 7.17. The molecule has 0 aliphatic heterocycles. The van der Waals surface area contributed by atoms with Crippen LogP contribution in [0.1, 0.15) is 65.6 Å². The predicted molar refractivity (Wildman–Crippen MR) is 83.1 cm³/mol. The highest BCUT2D eigenvalue weighted by Gasteiger charge is 2.22. The van der Waals surface area contributed by atoms with Crippen LogP contribution in [0.4, 0.5) is 5.13 Å². The molecule has 0 atom stereocenters. The second-order valence-corrected chi connectivity index (χ2v) is 6.46. The number of thiazole rings is 1. The number of rotatable bonds is 6. The van der Waals surface area contributed by atoms with Crippen LogP contribution in [0.25, 0.3) is 0 Å². The molecule has 0 saturated heterocycles. The zero-order valence-electron chi connectivity index (χ0n) is 12.6. The van der Waals surface area contributed by atoms with E-state index in [1.54, 1.807) is 0 Å². The number of ether oxygens (including phenoxy) is 1. The summed E-state index contributed by atoms with van der Waals surface area (Å²) in [5, 5.41) is 3.86. The molecule has 2 rings (SSSR count). The molecule has 0 unspecified atom stereocenters. The summed E-state index contributed by atoms with van der Waals surface area (Å²) in [7, 11) is 1.29. The Morgan fingerprint density at radius 2 is 2.05 bits per heavy atom. The number of nitrogens with zero attached hydrogens (tertiary/aromatic N) is 1. The summed E-state index contributed by atoms with van der Waals surface area (Å²) in [4.78, 5) is 27.7. The van der Waals surface area contributed by atoms with Gasteiger partial charge in [0.25, 0.3) is 0 Å². The first kappa shape index (κ1) is 15.9. The van der Waals surface area contributed by atoms with Crippen LogP contribution in [0.5, 0.6) is 0 Å². The first-order valence-electron chi connectivity index (χ1n) is 7.45. The molecular formula is C15H22N2O3S. The summed E-state index contributed by atoms with van der Waals surface area (Å²) in [6, 6.07) is 0. The van der Waals surface area contributed by atoms with E-state index >= 15 is 0 Å². The van der Waals surface area contributed by atoms with E-state index in [4.69, 9.17) is 0 Å². The average Bonchev–Trinajstić information content (AvgIpc) is 2.92. The molecular weight excluding hydrogens is 288 g/mol. The monoisotopic (exact) mass is 310 g/mol. The van der Waals surface area contributed by atoms with Crippen molar-refractivity contribution in [3.8, 4) is 0 Å². The summed E-state index contributed by atoms with van der Waals surface area (Å²) in [6.07, 6.45) is 7.77. The van der Waals surface area contributed by atoms with Crippen molar-refractivity contribution < 1.29 is 14.3 Å². The lowest BCUT2D eigenvalue weighted by Crippen LogP contribution is -2.12. The molecule has 0 bridgehead atoms. The summed E-state index contributed by atoms with van der Waals surface area (Å²) < 4.78 is 4.67. The number of methoxy groups -OCH3 is 1. The van der Waals surface area contributed by atoms with Crippen molar-refractivity contribution in [1.29, 1.82) is 0 Å². The van der Waals surface area contributed by atoms with E-state index < -0.39 is 5.97 Å². The summed E-state index contributed by atoms with van der Waals surface area (Å²) >= 11 is 1.23. The maximum atomic E-state index is 11.6. The molecule has 0 aromatic carbocycles. The summed E-state index contributed by atoms with van der Waals surface area (Å²) in [5.74, 6) is 0.0728. The summed E-state index contributed by atoms with van der Waals surface area (Å²) in [6.45, 7) is 2.27. The fraction of sp³-hybridized carbons (Fsp3) is 0.667. The lowest BCUT2D eigenvalue weighted by Gasteiger charge is -2.21. The SMILES string of the molecule is COC(=O)c1nc(NCCC2CCCCC2)sc1C(C)=O. The van der Waals surface area contributed by atoms with Gasteiger partial charge < -0.3 is 10.1 Å². The van der Waals surface area contributed by atoms with E-state index in [1.165, 1.54) is 57.5 Å². The largest absolute Gasteiger partial charge is 0.464 e. The molecule has 0 radical (unpaired) electrons. The zero-order chi connectivity index (χ0) is 15.2. The van der Waals surface area contributed by atoms with Crippen LogP contribution >= 0.6 is 11.3 Å². The first-order valence-corrected chi connectivity index (χ1v) is 8.27. The second kappa shape index (κ2) is 7.54. The number of ketones is 1. The minimum Gasteiger partial charge on any atom is -0.464 e. The number of carbonyl (C=O) groups excluding carboxylic acids is 2. The molecule has 0 spiro atoms. The van der Waals surface area contributed by atoms with Gasteiger partial charge in [0.2, 0.25) is 0 Å². The van der Waals surface area contributed by atoms with E-state index in [-0.39, 0.29) is 11.5 Å². The number of carbonyl (C=O) groups is 2. The molecule has 1 fully saturated rings. The highest BCUT2D eigenvalue weighted by atomic mass is 32.1. The van der Waals surface area contributed by atoms with Crippen LogP contribution in [0.15, 0.2) is 0 Å². The Kier molecular flexibility index (Phi) is 5.73. The Labute approximate surface area is 129 Å². The zero-order valence-corrected chi connectivity index (χ0v) is 13.4. The van der Waals surface area contributed by atoms with Gasteiger partial charge in [-0.3, -0.25) is 4.79 Å². The number of aromatic nitrogens is 1. The van der Waals surface area contributed by atoms with Gasteiger partial charge >= 0.3 is 5.97 Å². The van der Waals surface area contributed by atoms with Gasteiger partial charge in [0, 0.05) is 13.5 Å². The molecule has 6 heteroatoms. The third kappa shape index (κ3) is 4.27. The molecule has 1 aliphatic rings. The number of nitrogens with one attached hydrogen (secondary N) is 1. The van der Waals surface area contributed by atoms with E-state index in [0.29, 0.717) is 10.0 Å². The van der Waals surface area contributed by atoms with Gasteiger partial charge in [0.1, 0.15) is 4.88 Å². The van der Waals surface area contributed by atoms with E-state index in [1.807, 2.05) is 0 Å². The van der Waals surface area contributed by atoms with E-state index in [2.05, 4.69) is 15.0 Å². The van der Waals surface area contributed by atoms with Crippen molar-refractivity contribution in [2.24, 2.45) is 5.92 Å². The van der Waals surface area contributed by atoms with Gasteiger partial charge in [0.15, 0.2) is 16.6 Å². The quantitative estimate of drug-likeness (QED) is 0.643. The van der Waals surface area contributed by atoms with Gasteiger partial charge in [-0.25, -0.2) is 9.78 Å².